The Balaban J connectivity index is 1.35. The van der Waals surface area contributed by atoms with Gasteiger partial charge in [0.05, 0.1) is 10.6 Å². The van der Waals surface area contributed by atoms with Crippen molar-refractivity contribution in [3.8, 4) is 22.0 Å². The first-order valence-corrected chi connectivity index (χ1v) is 11.6. The predicted molar refractivity (Wildman–Crippen MR) is 133 cm³/mol. The molecule has 0 aliphatic rings. The molecule has 1 N–H and O–H groups in total. The molecule has 33 heavy (non-hydrogen) atoms. The van der Waals surface area contributed by atoms with E-state index in [2.05, 4.69) is 36.3 Å². The summed E-state index contributed by atoms with van der Waals surface area (Å²) in [5.74, 6) is 0.594. The van der Waals surface area contributed by atoms with Gasteiger partial charge < -0.3 is 5.32 Å². The van der Waals surface area contributed by atoms with E-state index in [-0.39, 0.29) is 11.3 Å². The summed E-state index contributed by atoms with van der Waals surface area (Å²) in [4.78, 5) is 13.7. The Morgan fingerprint density at radius 1 is 0.909 bits per heavy atom. The van der Waals surface area contributed by atoms with E-state index in [0.29, 0.717) is 11.2 Å². The lowest BCUT2D eigenvalue weighted by Gasteiger charge is -2.19. The molecule has 164 valence electrons. The molecule has 5 aromatic rings. The normalized spacial score (nSPS) is 11.6. The third-order valence-electron chi connectivity index (χ3n) is 5.46. The van der Waals surface area contributed by atoms with Crippen molar-refractivity contribution in [3.63, 3.8) is 0 Å². The topological polar surface area (TPSA) is 72.2 Å². The highest BCUT2D eigenvalue weighted by Crippen LogP contribution is 2.26. The molecule has 0 unspecified atom stereocenters. The van der Waals surface area contributed by atoms with Crippen molar-refractivity contribution in [3.05, 3.63) is 89.3 Å². The van der Waals surface area contributed by atoms with Crippen LogP contribution >= 0.6 is 11.3 Å². The number of hydrogen-bond acceptors (Lipinski definition) is 5. The number of nitrogens with one attached hydrogen (secondary N) is 1. The lowest BCUT2D eigenvalue weighted by molar-refractivity contribution is 0.102. The molecule has 5 rings (SSSR count). The van der Waals surface area contributed by atoms with Crippen LogP contribution < -0.4 is 5.32 Å². The molecule has 3 heterocycles. The Bertz CT molecular complexity index is 1410. The fourth-order valence-electron chi connectivity index (χ4n) is 3.55. The van der Waals surface area contributed by atoms with Crippen molar-refractivity contribution in [1.82, 2.24) is 19.8 Å². The van der Waals surface area contributed by atoms with Crippen LogP contribution in [0.1, 0.15) is 36.7 Å². The van der Waals surface area contributed by atoms with E-state index in [4.69, 9.17) is 5.10 Å². The van der Waals surface area contributed by atoms with Crippen molar-refractivity contribution in [2.45, 2.75) is 26.2 Å². The number of anilines is 1. The standard InChI is InChI=1S/C26H23N5OS/c1-26(2,3)19-10-6-18(7-11-19)25(32)27-20-12-8-17(9-13-20)21-14-15-23-28-29-24(31(23)30-21)22-5-4-16-33-22/h4-16H,1-3H3,(H,27,32). The van der Waals surface area contributed by atoms with Gasteiger partial charge in [0.2, 0.25) is 0 Å². The molecule has 0 aliphatic carbocycles. The molecule has 0 aliphatic heterocycles. The summed E-state index contributed by atoms with van der Waals surface area (Å²) in [5.41, 5.74) is 5.05. The number of thiophene rings is 1. The molecule has 6 nitrogen and oxygen atoms in total. The molecule has 0 saturated heterocycles. The molecule has 3 aromatic heterocycles. The molecular formula is C26H23N5OS. The molecule has 0 bridgehead atoms. The summed E-state index contributed by atoms with van der Waals surface area (Å²) >= 11 is 1.60. The monoisotopic (exact) mass is 453 g/mol. The predicted octanol–water partition coefficient (Wildman–Crippen LogP) is 6.07. The number of aromatic nitrogens is 4. The van der Waals surface area contributed by atoms with Crippen molar-refractivity contribution in [1.29, 1.82) is 0 Å². The number of hydrogen-bond donors (Lipinski definition) is 1. The quantitative estimate of drug-likeness (QED) is 0.358. The van der Waals surface area contributed by atoms with Gasteiger partial charge in [0, 0.05) is 16.8 Å². The van der Waals surface area contributed by atoms with Gasteiger partial charge in [-0.25, -0.2) is 0 Å². The van der Waals surface area contributed by atoms with Crippen molar-refractivity contribution in [2.24, 2.45) is 0 Å². The summed E-state index contributed by atoms with van der Waals surface area (Å²) in [7, 11) is 0. The van der Waals surface area contributed by atoms with Crippen molar-refractivity contribution in [2.75, 3.05) is 5.32 Å². The third kappa shape index (κ3) is 4.27. The highest BCUT2D eigenvalue weighted by molar-refractivity contribution is 7.13. The zero-order chi connectivity index (χ0) is 23.0. The van der Waals surface area contributed by atoms with Gasteiger partial charge in [-0.15, -0.1) is 21.5 Å². The van der Waals surface area contributed by atoms with E-state index in [1.54, 1.807) is 15.9 Å². The first-order chi connectivity index (χ1) is 15.9. The zero-order valence-corrected chi connectivity index (χ0v) is 19.4. The lowest BCUT2D eigenvalue weighted by atomic mass is 9.87. The second-order valence-corrected chi connectivity index (χ2v) is 9.80. The van der Waals surface area contributed by atoms with Crippen LogP contribution in [0, 0.1) is 0 Å². The van der Waals surface area contributed by atoms with Gasteiger partial charge in [0.25, 0.3) is 5.91 Å². The molecule has 7 heteroatoms. The maximum Gasteiger partial charge on any atom is 0.255 e. The molecule has 1 amide bonds. The average Bonchev–Trinajstić information content (AvgIpc) is 3.48. The molecule has 0 saturated carbocycles. The van der Waals surface area contributed by atoms with E-state index in [1.165, 1.54) is 5.56 Å². The third-order valence-corrected chi connectivity index (χ3v) is 6.32. The first-order valence-electron chi connectivity index (χ1n) is 10.7. The van der Waals surface area contributed by atoms with Crippen LogP contribution in [-0.2, 0) is 5.41 Å². The average molecular weight is 454 g/mol. The second kappa shape index (κ2) is 8.26. The van der Waals surface area contributed by atoms with Crippen LogP contribution in [0.2, 0.25) is 0 Å². The van der Waals surface area contributed by atoms with E-state index in [0.717, 1.165) is 27.6 Å². The summed E-state index contributed by atoms with van der Waals surface area (Å²) in [6.45, 7) is 6.47. The largest absolute Gasteiger partial charge is 0.322 e. The van der Waals surface area contributed by atoms with E-state index < -0.39 is 0 Å². The molecule has 0 atom stereocenters. The summed E-state index contributed by atoms with van der Waals surface area (Å²) in [5, 5.41) is 18.2. The Morgan fingerprint density at radius 2 is 1.67 bits per heavy atom. The molecule has 0 fully saturated rings. The SMILES string of the molecule is CC(C)(C)c1ccc(C(=O)Nc2ccc(-c3ccc4nnc(-c5cccs5)n4n3)cc2)cc1. The van der Waals surface area contributed by atoms with Crippen LogP contribution in [0.3, 0.4) is 0 Å². The van der Waals surface area contributed by atoms with Crippen LogP contribution in [0.4, 0.5) is 5.69 Å². The molecule has 0 radical (unpaired) electrons. The van der Waals surface area contributed by atoms with Crippen molar-refractivity contribution >= 4 is 28.6 Å². The fourth-order valence-corrected chi connectivity index (χ4v) is 4.25. The molecule has 2 aromatic carbocycles. The van der Waals surface area contributed by atoms with Crippen molar-refractivity contribution < 1.29 is 4.79 Å². The Hall–Kier alpha value is -3.84. The highest BCUT2D eigenvalue weighted by atomic mass is 32.1. The minimum atomic E-state index is -0.132. The van der Waals surface area contributed by atoms with E-state index in [9.17, 15) is 4.79 Å². The van der Waals surface area contributed by atoms with Crippen LogP contribution in [0.25, 0.3) is 27.6 Å². The zero-order valence-electron chi connectivity index (χ0n) is 18.6. The van der Waals surface area contributed by atoms with Gasteiger partial charge in [-0.3, -0.25) is 4.79 Å². The second-order valence-electron chi connectivity index (χ2n) is 8.85. The Kier molecular flexibility index (Phi) is 5.26. The van der Waals surface area contributed by atoms with Gasteiger partial charge in [-0.05, 0) is 58.8 Å². The highest BCUT2D eigenvalue weighted by Gasteiger charge is 2.15. The molecular weight excluding hydrogens is 430 g/mol. The Morgan fingerprint density at radius 3 is 2.33 bits per heavy atom. The fraction of sp³-hybridized carbons (Fsp3) is 0.154. The van der Waals surface area contributed by atoms with Gasteiger partial charge in [0.1, 0.15) is 0 Å². The summed E-state index contributed by atoms with van der Waals surface area (Å²) < 4.78 is 1.76. The number of benzene rings is 2. The number of amides is 1. The molecule has 0 spiro atoms. The van der Waals surface area contributed by atoms with E-state index in [1.807, 2.05) is 78.2 Å². The lowest BCUT2D eigenvalue weighted by Crippen LogP contribution is -2.14. The minimum Gasteiger partial charge on any atom is -0.322 e. The van der Waals surface area contributed by atoms with Gasteiger partial charge in [-0.2, -0.15) is 9.61 Å². The summed E-state index contributed by atoms with van der Waals surface area (Å²) in [6.07, 6.45) is 0. The maximum atomic E-state index is 12.7. The first kappa shape index (κ1) is 21.0. The number of carbonyl (C=O) groups excluding carboxylic acids is 1. The number of fused-ring (bicyclic) bond motifs is 1. The number of nitrogens with zero attached hydrogens (tertiary/aromatic N) is 4. The number of carbonyl (C=O) groups is 1. The maximum absolute atomic E-state index is 12.7. The van der Waals surface area contributed by atoms with Crippen LogP contribution in [0.15, 0.2) is 78.2 Å². The van der Waals surface area contributed by atoms with Crippen LogP contribution in [-0.4, -0.2) is 25.7 Å². The van der Waals surface area contributed by atoms with E-state index >= 15 is 0 Å². The van der Waals surface area contributed by atoms with Gasteiger partial charge >= 0.3 is 0 Å². The summed E-state index contributed by atoms with van der Waals surface area (Å²) in [6, 6.07) is 23.2. The van der Waals surface area contributed by atoms with Gasteiger partial charge in [-0.1, -0.05) is 51.1 Å². The van der Waals surface area contributed by atoms with Gasteiger partial charge in [0.15, 0.2) is 11.5 Å². The Labute approximate surface area is 195 Å². The minimum absolute atomic E-state index is 0.0548. The number of rotatable bonds is 4. The smallest absolute Gasteiger partial charge is 0.255 e. The van der Waals surface area contributed by atoms with Crippen LogP contribution in [0.5, 0.6) is 0 Å².